The molecular formula is C19H19BrN2O4. The van der Waals surface area contributed by atoms with Crippen LogP contribution in [0.4, 0.5) is 0 Å². The summed E-state index contributed by atoms with van der Waals surface area (Å²) in [5.41, 5.74) is 1.38. The minimum absolute atomic E-state index is 0.147. The maximum Gasteiger partial charge on any atom is 0.257 e. The Labute approximate surface area is 160 Å². The van der Waals surface area contributed by atoms with Gasteiger partial charge in [0.2, 0.25) is 0 Å². The van der Waals surface area contributed by atoms with Gasteiger partial charge >= 0.3 is 0 Å². The molecule has 2 rings (SSSR count). The Balaban J connectivity index is 1.86. The standard InChI is InChI=1S/C19H19BrN2O4/c1-24-17-9-13(15(20)10-18(17)25-2)7-8-22-19(23)12-26-16-6-4-3-5-14(16)11-21/h3-6,9-10H,7-8,12H2,1-2H3,(H,22,23). The van der Waals surface area contributed by atoms with Crippen molar-refractivity contribution >= 4 is 21.8 Å². The molecule has 0 aliphatic carbocycles. The van der Waals surface area contributed by atoms with E-state index in [4.69, 9.17) is 19.5 Å². The van der Waals surface area contributed by atoms with Gasteiger partial charge in [0, 0.05) is 11.0 Å². The largest absolute Gasteiger partial charge is 0.493 e. The molecule has 1 N–H and O–H groups in total. The van der Waals surface area contributed by atoms with E-state index < -0.39 is 0 Å². The molecule has 0 aliphatic rings. The molecule has 0 aliphatic heterocycles. The molecule has 0 radical (unpaired) electrons. The van der Waals surface area contributed by atoms with Crippen LogP contribution in [-0.4, -0.2) is 33.3 Å². The second-order valence-corrected chi connectivity index (χ2v) is 6.15. The van der Waals surface area contributed by atoms with Crippen molar-refractivity contribution in [2.45, 2.75) is 6.42 Å². The number of amides is 1. The van der Waals surface area contributed by atoms with Gasteiger partial charge in [-0.15, -0.1) is 0 Å². The fourth-order valence-corrected chi connectivity index (χ4v) is 2.82. The maximum absolute atomic E-state index is 11.9. The lowest BCUT2D eigenvalue weighted by Crippen LogP contribution is -2.30. The number of nitriles is 1. The van der Waals surface area contributed by atoms with Crippen molar-refractivity contribution in [1.82, 2.24) is 5.32 Å². The minimum Gasteiger partial charge on any atom is -0.493 e. The van der Waals surface area contributed by atoms with Crippen LogP contribution in [0.5, 0.6) is 17.2 Å². The fourth-order valence-electron chi connectivity index (χ4n) is 2.30. The molecule has 6 nitrogen and oxygen atoms in total. The molecule has 0 atom stereocenters. The van der Waals surface area contributed by atoms with E-state index in [1.54, 1.807) is 38.5 Å². The van der Waals surface area contributed by atoms with E-state index in [2.05, 4.69) is 21.2 Å². The molecule has 7 heteroatoms. The van der Waals surface area contributed by atoms with Gasteiger partial charge in [0.25, 0.3) is 5.91 Å². The van der Waals surface area contributed by atoms with Crippen molar-refractivity contribution in [3.63, 3.8) is 0 Å². The van der Waals surface area contributed by atoms with Crippen molar-refractivity contribution in [3.05, 3.63) is 52.0 Å². The Morgan fingerprint density at radius 2 is 1.85 bits per heavy atom. The molecule has 26 heavy (non-hydrogen) atoms. The smallest absolute Gasteiger partial charge is 0.257 e. The van der Waals surface area contributed by atoms with Gasteiger partial charge in [0.15, 0.2) is 18.1 Å². The second-order valence-electron chi connectivity index (χ2n) is 5.30. The van der Waals surface area contributed by atoms with Crippen LogP contribution < -0.4 is 19.5 Å². The van der Waals surface area contributed by atoms with Gasteiger partial charge in [0.1, 0.15) is 11.8 Å². The van der Waals surface area contributed by atoms with Crippen LogP contribution in [0.15, 0.2) is 40.9 Å². The Bertz CT molecular complexity index is 818. The van der Waals surface area contributed by atoms with Gasteiger partial charge in [-0.05, 0) is 36.2 Å². The minimum atomic E-state index is -0.255. The topological polar surface area (TPSA) is 80.6 Å². The molecular weight excluding hydrogens is 400 g/mol. The first-order chi connectivity index (χ1) is 12.6. The third kappa shape index (κ3) is 5.14. The molecule has 0 bridgehead atoms. The third-order valence-electron chi connectivity index (χ3n) is 3.64. The summed E-state index contributed by atoms with van der Waals surface area (Å²) in [5.74, 6) is 1.41. The molecule has 0 saturated heterocycles. The summed E-state index contributed by atoms with van der Waals surface area (Å²) >= 11 is 3.49. The van der Waals surface area contributed by atoms with E-state index in [1.165, 1.54) is 0 Å². The van der Waals surface area contributed by atoms with Gasteiger partial charge in [-0.25, -0.2) is 0 Å². The number of benzene rings is 2. The van der Waals surface area contributed by atoms with Crippen LogP contribution in [0.25, 0.3) is 0 Å². The lowest BCUT2D eigenvalue weighted by atomic mass is 10.1. The number of carbonyl (C=O) groups excluding carboxylic acids is 1. The van der Waals surface area contributed by atoms with E-state index in [0.29, 0.717) is 35.8 Å². The van der Waals surface area contributed by atoms with Gasteiger partial charge in [0.05, 0.1) is 19.8 Å². The van der Waals surface area contributed by atoms with Crippen LogP contribution in [-0.2, 0) is 11.2 Å². The number of carbonyl (C=O) groups is 1. The Morgan fingerprint density at radius 3 is 2.54 bits per heavy atom. The summed E-state index contributed by atoms with van der Waals surface area (Å²) in [5, 5.41) is 11.8. The number of hydrogen-bond acceptors (Lipinski definition) is 5. The van der Waals surface area contributed by atoms with Crippen LogP contribution >= 0.6 is 15.9 Å². The summed E-state index contributed by atoms with van der Waals surface area (Å²) in [7, 11) is 3.16. The lowest BCUT2D eigenvalue weighted by molar-refractivity contribution is -0.123. The SMILES string of the molecule is COc1cc(Br)c(CCNC(=O)COc2ccccc2C#N)cc1OC. The third-order valence-corrected chi connectivity index (χ3v) is 4.37. The molecule has 0 spiro atoms. The van der Waals surface area contributed by atoms with Gasteiger partial charge in [-0.3, -0.25) is 4.79 Å². The Kier molecular flexibility index (Phi) is 7.30. The molecule has 1 amide bonds. The average molecular weight is 419 g/mol. The first-order valence-corrected chi connectivity index (χ1v) is 8.67. The summed E-state index contributed by atoms with van der Waals surface area (Å²) in [6.07, 6.45) is 0.613. The van der Waals surface area contributed by atoms with Gasteiger partial charge in [-0.2, -0.15) is 5.26 Å². The average Bonchev–Trinajstić information content (AvgIpc) is 2.67. The number of halogens is 1. The van der Waals surface area contributed by atoms with Gasteiger partial charge < -0.3 is 19.5 Å². The summed E-state index contributed by atoms with van der Waals surface area (Å²) in [4.78, 5) is 11.9. The zero-order valence-corrected chi connectivity index (χ0v) is 16.1. The van der Waals surface area contributed by atoms with Crippen molar-refractivity contribution in [3.8, 4) is 23.3 Å². The van der Waals surface area contributed by atoms with E-state index in [0.717, 1.165) is 10.0 Å². The monoisotopic (exact) mass is 418 g/mol. The highest BCUT2D eigenvalue weighted by molar-refractivity contribution is 9.10. The summed E-state index contributed by atoms with van der Waals surface area (Å²) < 4.78 is 16.8. The zero-order valence-electron chi connectivity index (χ0n) is 14.5. The zero-order chi connectivity index (χ0) is 18.9. The normalized spacial score (nSPS) is 9.92. The predicted octanol–water partition coefficient (Wildman–Crippen LogP) is 3.08. The van der Waals surface area contributed by atoms with E-state index in [-0.39, 0.29) is 12.5 Å². The van der Waals surface area contributed by atoms with Crippen molar-refractivity contribution in [2.75, 3.05) is 27.4 Å². The number of nitrogens with one attached hydrogen (secondary N) is 1. The predicted molar refractivity (Wildman–Crippen MR) is 101 cm³/mol. The highest BCUT2D eigenvalue weighted by atomic mass is 79.9. The number of para-hydroxylation sites is 1. The maximum atomic E-state index is 11.9. The van der Waals surface area contributed by atoms with Gasteiger partial charge in [-0.1, -0.05) is 28.1 Å². The molecule has 0 saturated carbocycles. The van der Waals surface area contributed by atoms with Crippen LogP contribution in [0, 0.1) is 11.3 Å². The van der Waals surface area contributed by atoms with Crippen LogP contribution in [0.2, 0.25) is 0 Å². The Hall–Kier alpha value is -2.72. The number of rotatable bonds is 8. The lowest BCUT2D eigenvalue weighted by Gasteiger charge is -2.12. The molecule has 2 aromatic carbocycles. The molecule has 0 aromatic heterocycles. The first kappa shape index (κ1) is 19.6. The van der Waals surface area contributed by atoms with E-state index in [1.807, 2.05) is 18.2 Å². The van der Waals surface area contributed by atoms with Crippen LogP contribution in [0.1, 0.15) is 11.1 Å². The molecule has 0 unspecified atom stereocenters. The van der Waals surface area contributed by atoms with E-state index >= 15 is 0 Å². The first-order valence-electron chi connectivity index (χ1n) is 7.88. The summed E-state index contributed by atoms with van der Waals surface area (Å²) in [6, 6.07) is 12.5. The highest BCUT2D eigenvalue weighted by Gasteiger charge is 2.10. The highest BCUT2D eigenvalue weighted by Crippen LogP contribution is 2.33. The number of ether oxygens (including phenoxy) is 3. The number of hydrogen-bond donors (Lipinski definition) is 1. The van der Waals surface area contributed by atoms with E-state index in [9.17, 15) is 4.79 Å². The van der Waals surface area contributed by atoms with Crippen LogP contribution in [0.3, 0.4) is 0 Å². The molecule has 2 aromatic rings. The van der Waals surface area contributed by atoms with Crippen molar-refractivity contribution in [2.24, 2.45) is 0 Å². The second kappa shape index (κ2) is 9.68. The number of methoxy groups -OCH3 is 2. The molecule has 0 fully saturated rings. The Morgan fingerprint density at radius 1 is 1.15 bits per heavy atom. The fraction of sp³-hybridized carbons (Fsp3) is 0.263. The quantitative estimate of drug-likeness (QED) is 0.712. The molecule has 136 valence electrons. The van der Waals surface area contributed by atoms with Crippen molar-refractivity contribution in [1.29, 1.82) is 5.26 Å². The van der Waals surface area contributed by atoms with Crippen molar-refractivity contribution < 1.29 is 19.0 Å². The number of nitrogens with zero attached hydrogens (tertiary/aromatic N) is 1. The molecule has 0 heterocycles. The summed E-state index contributed by atoms with van der Waals surface area (Å²) in [6.45, 7) is 0.294.